The summed E-state index contributed by atoms with van der Waals surface area (Å²) in [5, 5.41) is 20.2. The number of nitrogens with two attached hydrogens (primary N) is 1. The molecule has 8 nitrogen and oxygen atoms in total. The molecule has 2 atom stereocenters. The molecule has 0 radical (unpaired) electrons. The van der Waals surface area contributed by atoms with Gasteiger partial charge in [0.25, 0.3) is 0 Å². The topological polar surface area (TPSA) is 139 Å². The monoisotopic (exact) mass is 536 g/mol. The minimum atomic E-state index is -1.05. The highest BCUT2D eigenvalue weighted by molar-refractivity contribution is 7.98. The number of carbonyl (C=O) groups excluding carboxylic acids is 1. The van der Waals surface area contributed by atoms with Crippen molar-refractivity contribution in [3.8, 4) is 11.1 Å². The van der Waals surface area contributed by atoms with Crippen LogP contribution in [0.1, 0.15) is 29.0 Å². The third-order valence-electron chi connectivity index (χ3n) is 6.16. The molecule has 0 aromatic heterocycles. The van der Waals surface area contributed by atoms with Gasteiger partial charge in [0.15, 0.2) is 0 Å². The Morgan fingerprint density at radius 2 is 1.45 bits per heavy atom. The number of rotatable bonds is 10. The Hall–Kier alpha value is -3.82. The zero-order chi connectivity index (χ0) is 27.5. The average Bonchev–Trinajstić information content (AvgIpc) is 3.24. The van der Waals surface area contributed by atoms with E-state index in [-0.39, 0.29) is 12.5 Å². The number of carboxylic acid groups (broad SMARTS) is 2. The van der Waals surface area contributed by atoms with Gasteiger partial charge in [0.2, 0.25) is 0 Å². The van der Waals surface area contributed by atoms with Crippen molar-refractivity contribution in [3.63, 3.8) is 0 Å². The molecule has 9 heteroatoms. The van der Waals surface area contributed by atoms with Crippen molar-refractivity contribution >= 4 is 29.8 Å². The van der Waals surface area contributed by atoms with Gasteiger partial charge in [-0.2, -0.15) is 11.8 Å². The second-order valence-corrected chi connectivity index (χ2v) is 9.76. The lowest BCUT2D eigenvalue weighted by molar-refractivity contribution is -0.140. The van der Waals surface area contributed by atoms with Crippen LogP contribution in [0.15, 0.2) is 78.9 Å². The molecular formula is C29H32N2O6S. The second kappa shape index (κ2) is 14.2. The number of carbonyl (C=O) groups is 3. The van der Waals surface area contributed by atoms with Gasteiger partial charge in [-0.1, -0.05) is 78.9 Å². The number of ether oxygens (including phenoxy) is 1. The van der Waals surface area contributed by atoms with Crippen LogP contribution in [0.3, 0.4) is 0 Å². The van der Waals surface area contributed by atoms with E-state index in [1.54, 1.807) is 0 Å². The maximum Gasteiger partial charge on any atom is 0.407 e. The Morgan fingerprint density at radius 1 is 0.895 bits per heavy atom. The molecule has 1 aliphatic rings. The fourth-order valence-corrected chi connectivity index (χ4v) is 4.70. The summed E-state index contributed by atoms with van der Waals surface area (Å²) in [6.45, 7) is 0.175. The first kappa shape index (κ1) is 28.7. The quantitative estimate of drug-likeness (QED) is 0.300. The van der Waals surface area contributed by atoms with Crippen LogP contribution in [0.25, 0.3) is 11.1 Å². The lowest BCUT2D eigenvalue weighted by Gasteiger charge is -2.17. The molecule has 0 bridgehead atoms. The Balaban J connectivity index is 0.000000279. The molecule has 0 spiro atoms. The highest BCUT2D eigenvalue weighted by atomic mass is 32.2. The molecule has 1 aliphatic carbocycles. The third-order valence-corrected chi connectivity index (χ3v) is 6.80. The molecule has 0 unspecified atom stereocenters. The van der Waals surface area contributed by atoms with Crippen LogP contribution in [0.4, 0.5) is 4.79 Å². The van der Waals surface area contributed by atoms with Crippen molar-refractivity contribution in [3.05, 3.63) is 95.6 Å². The van der Waals surface area contributed by atoms with Crippen LogP contribution in [0.5, 0.6) is 0 Å². The number of alkyl carbamates (subject to hydrolysis) is 1. The third kappa shape index (κ3) is 7.84. The van der Waals surface area contributed by atoms with Crippen LogP contribution in [0, 0.1) is 0 Å². The summed E-state index contributed by atoms with van der Waals surface area (Å²) in [4.78, 5) is 33.7. The van der Waals surface area contributed by atoms with E-state index in [0.29, 0.717) is 18.6 Å². The second-order valence-electron chi connectivity index (χ2n) is 8.78. The number of hydrogen-bond acceptors (Lipinski definition) is 6. The summed E-state index contributed by atoms with van der Waals surface area (Å²) in [5.74, 6) is -1.39. The van der Waals surface area contributed by atoms with Gasteiger partial charge in [-0.05, 0) is 52.7 Å². The number of aliphatic carboxylic acids is 2. The Labute approximate surface area is 226 Å². The van der Waals surface area contributed by atoms with Crippen molar-refractivity contribution in [1.29, 1.82) is 0 Å². The van der Waals surface area contributed by atoms with Gasteiger partial charge in [-0.3, -0.25) is 4.79 Å². The first-order chi connectivity index (χ1) is 18.3. The van der Waals surface area contributed by atoms with E-state index < -0.39 is 30.1 Å². The van der Waals surface area contributed by atoms with Crippen molar-refractivity contribution in [2.45, 2.75) is 30.8 Å². The SMILES string of the molecule is CSCC[C@H](NC(=O)OCC1c2ccccc2-c2ccccc21)C(=O)O.N[C@@H](Cc1ccccc1)C(=O)O. The number of hydrogen-bond donors (Lipinski definition) is 4. The Bertz CT molecular complexity index is 1190. The smallest absolute Gasteiger partial charge is 0.407 e. The lowest BCUT2D eigenvalue weighted by atomic mass is 9.98. The zero-order valence-electron chi connectivity index (χ0n) is 21.1. The molecule has 0 saturated heterocycles. The standard InChI is InChI=1S/C20H21NO4S.C9H11NO2/c1-26-11-10-18(19(22)23)21-20(24)25-12-17-15-8-4-2-6-13(15)14-7-3-5-9-16(14)17;10-8(9(11)12)6-7-4-2-1-3-5-7/h2-9,17-18H,10-12H2,1H3,(H,21,24)(H,22,23);1-5,8H,6,10H2,(H,11,12)/t18-;8-/m00/s1. The highest BCUT2D eigenvalue weighted by Crippen LogP contribution is 2.44. The molecule has 5 N–H and O–H groups in total. The fourth-order valence-electron chi connectivity index (χ4n) is 4.23. The molecule has 0 saturated carbocycles. The zero-order valence-corrected chi connectivity index (χ0v) is 21.9. The summed E-state index contributed by atoms with van der Waals surface area (Å²) in [5.41, 5.74) is 10.9. The number of amides is 1. The van der Waals surface area contributed by atoms with Gasteiger partial charge in [-0.15, -0.1) is 0 Å². The predicted octanol–water partition coefficient (Wildman–Crippen LogP) is 4.37. The van der Waals surface area contributed by atoms with Crippen molar-refractivity contribution in [2.75, 3.05) is 18.6 Å². The molecule has 4 rings (SSSR count). The summed E-state index contributed by atoms with van der Waals surface area (Å²) in [6.07, 6.45) is 1.95. The molecule has 3 aromatic carbocycles. The largest absolute Gasteiger partial charge is 0.480 e. The van der Waals surface area contributed by atoms with Gasteiger partial charge < -0.3 is 26.0 Å². The summed E-state index contributed by atoms with van der Waals surface area (Å²) < 4.78 is 5.38. The Kier molecular flexibility index (Phi) is 10.7. The van der Waals surface area contributed by atoms with E-state index in [4.69, 9.17) is 15.6 Å². The summed E-state index contributed by atoms with van der Waals surface area (Å²) in [7, 11) is 0. The number of fused-ring (bicyclic) bond motifs is 3. The van der Waals surface area contributed by atoms with E-state index in [9.17, 15) is 19.5 Å². The van der Waals surface area contributed by atoms with E-state index in [2.05, 4.69) is 17.4 Å². The van der Waals surface area contributed by atoms with E-state index >= 15 is 0 Å². The first-order valence-corrected chi connectivity index (χ1v) is 13.6. The minimum Gasteiger partial charge on any atom is -0.480 e. The maximum atomic E-state index is 12.1. The summed E-state index contributed by atoms with van der Waals surface area (Å²) in [6, 6.07) is 23.8. The molecule has 200 valence electrons. The van der Waals surface area contributed by atoms with E-state index in [1.807, 2.05) is 73.0 Å². The lowest BCUT2D eigenvalue weighted by Crippen LogP contribution is -2.41. The van der Waals surface area contributed by atoms with Gasteiger partial charge in [-0.25, -0.2) is 9.59 Å². The molecule has 1 amide bonds. The van der Waals surface area contributed by atoms with E-state index in [0.717, 1.165) is 27.8 Å². The number of thioether (sulfide) groups is 1. The normalized spacial score (nSPS) is 13.2. The number of carboxylic acids is 2. The number of nitrogens with one attached hydrogen (secondary N) is 1. The number of benzene rings is 3. The maximum absolute atomic E-state index is 12.1. The van der Waals surface area contributed by atoms with Crippen molar-refractivity contribution in [2.24, 2.45) is 5.73 Å². The molecule has 0 fully saturated rings. The van der Waals surface area contributed by atoms with Crippen LogP contribution < -0.4 is 11.1 Å². The molecule has 0 aliphatic heterocycles. The van der Waals surface area contributed by atoms with Crippen LogP contribution in [-0.4, -0.2) is 58.9 Å². The minimum absolute atomic E-state index is 0.0392. The Morgan fingerprint density at radius 3 is 1.97 bits per heavy atom. The van der Waals surface area contributed by atoms with Crippen LogP contribution in [0.2, 0.25) is 0 Å². The molecule has 3 aromatic rings. The predicted molar refractivity (Wildman–Crippen MR) is 148 cm³/mol. The van der Waals surface area contributed by atoms with Crippen LogP contribution >= 0.6 is 11.8 Å². The molecular weight excluding hydrogens is 504 g/mol. The van der Waals surface area contributed by atoms with E-state index in [1.165, 1.54) is 11.8 Å². The van der Waals surface area contributed by atoms with Gasteiger partial charge in [0.05, 0.1) is 0 Å². The van der Waals surface area contributed by atoms with Crippen molar-refractivity contribution < 1.29 is 29.3 Å². The van der Waals surface area contributed by atoms with Gasteiger partial charge >= 0.3 is 18.0 Å². The first-order valence-electron chi connectivity index (χ1n) is 12.2. The van der Waals surface area contributed by atoms with Crippen LogP contribution in [-0.2, 0) is 20.7 Å². The van der Waals surface area contributed by atoms with Crippen molar-refractivity contribution in [1.82, 2.24) is 5.32 Å². The molecule has 38 heavy (non-hydrogen) atoms. The average molecular weight is 537 g/mol. The van der Waals surface area contributed by atoms with Gasteiger partial charge in [0.1, 0.15) is 18.7 Å². The molecule has 0 heterocycles. The summed E-state index contributed by atoms with van der Waals surface area (Å²) >= 11 is 1.54. The van der Waals surface area contributed by atoms with Gasteiger partial charge in [0, 0.05) is 5.92 Å². The fraction of sp³-hybridized carbons (Fsp3) is 0.276. The highest BCUT2D eigenvalue weighted by Gasteiger charge is 2.29.